The Balaban J connectivity index is 2.27. The molecule has 30 heavy (non-hydrogen) atoms. The Morgan fingerprint density at radius 2 is 1.77 bits per heavy atom. The van der Waals surface area contributed by atoms with Crippen LogP contribution in [-0.4, -0.2) is 11.4 Å². The van der Waals surface area contributed by atoms with E-state index < -0.39 is 5.41 Å². The summed E-state index contributed by atoms with van der Waals surface area (Å²) in [6.07, 6.45) is 10.9. The first-order valence-corrected chi connectivity index (χ1v) is 12.1. The minimum atomic E-state index is -0.449. The maximum absolute atomic E-state index is 14.3. The van der Waals surface area contributed by atoms with Gasteiger partial charge in [-0.2, -0.15) is 0 Å². The molecule has 1 saturated heterocycles. The largest absolute Gasteiger partial charge is 0.491 e. The Morgan fingerprint density at radius 3 is 2.33 bits per heavy atom. The predicted octanol–water partition coefficient (Wildman–Crippen LogP) is 7.80. The van der Waals surface area contributed by atoms with Crippen molar-refractivity contribution in [2.75, 3.05) is 0 Å². The number of ketones is 1. The van der Waals surface area contributed by atoms with Gasteiger partial charge in [-0.3, -0.25) is 4.79 Å². The van der Waals surface area contributed by atoms with Gasteiger partial charge in [0, 0.05) is 11.8 Å². The molecule has 2 heteroatoms. The van der Waals surface area contributed by atoms with E-state index in [2.05, 4.69) is 74.5 Å². The SMILES string of the molecule is CCC(C)C(=O)C12C3=C(CC=C(C)C)CC(CC=C(C)C)C1(C)CCC2C(C)(C)O3. The molecule has 0 aromatic carbocycles. The van der Waals surface area contributed by atoms with Gasteiger partial charge >= 0.3 is 0 Å². The molecule has 0 aromatic rings. The number of rotatable bonds is 7. The monoisotopic (exact) mass is 412 g/mol. The van der Waals surface area contributed by atoms with Gasteiger partial charge in [-0.1, -0.05) is 44.1 Å². The van der Waals surface area contributed by atoms with Gasteiger partial charge in [0.1, 0.15) is 17.1 Å². The molecule has 2 fully saturated rings. The number of ether oxygens (including phenoxy) is 1. The molecule has 168 valence electrons. The summed E-state index contributed by atoms with van der Waals surface area (Å²) in [6.45, 7) is 19.9. The van der Waals surface area contributed by atoms with Crippen LogP contribution in [0.3, 0.4) is 0 Å². The fourth-order valence-electron chi connectivity index (χ4n) is 6.81. The van der Waals surface area contributed by atoms with E-state index in [9.17, 15) is 4.79 Å². The lowest BCUT2D eigenvalue weighted by Crippen LogP contribution is -2.54. The Kier molecular flexibility index (Phi) is 6.22. The van der Waals surface area contributed by atoms with Gasteiger partial charge in [0.15, 0.2) is 0 Å². The topological polar surface area (TPSA) is 26.3 Å². The van der Waals surface area contributed by atoms with Gasteiger partial charge in [0.2, 0.25) is 0 Å². The Morgan fingerprint density at radius 1 is 1.13 bits per heavy atom. The fraction of sp³-hybridized carbons (Fsp3) is 0.750. The van der Waals surface area contributed by atoms with E-state index in [0.717, 1.165) is 44.3 Å². The number of carbonyl (C=O) groups is 1. The third-order valence-corrected chi connectivity index (χ3v) is 8.67. The first-order chi connectivity index (χ1) is 13.9. The van der Waals surface area contributed by atoms with Crippen LogP contribution in [0.2, 0.25) is 0 Å². The molecule has 3 aliphatic rings. The number of Topliss-reactive ketones (excluding diaryl/α,β-unsaturated/α-hetero) is 1. The van der Waals surface area contributed by atoms with Crippen LogP contribution in [0.1, 0.15) is 101 Å². The summed E-state index contributed by atoms with van der Waals surface area (Å²) in [6, 6.07) is 0. The quantitative estimate of drug-likeness (QED) is 0.399. The lowest BCUT2D eigenvalue weighted by molar-refractivity contribution is -0.141. The zero-order valence-electron chi connectivity index (χ0n) is 20.9. The molecule has 0 spiro atoms. The van der Waals surface area contributed by atoms with Crippen molar-refractivity contribution in [3.05, 3.63) is 34.6 Å². The van der Waals surface area contributed by atoms with Crippen LogP contribution in [0.25, 0.3) is 0 Å². The fourth-order valence-corrected chi connectivity index (χ4v) is 6.81. The summed E-state index contributed by atoms with van der Waals surface area (Å²) in [5.41, 5.74) is 3.34. The standard InChI is InChI=1S/C28H44O2/c1-10-20(6)24(29)28-23-15-16-27(28,9)22(14-12-19(4)5)17-21(13-11-18(2)3)25(28)30-26(23,7)8/h11-12,20,22-23H,10,13-17H2,1-9H3. The lowest BCUT2D eigenvalue weighted by Gasteiger charge is -2.52. The van der Waals surface area contributed by atoms with E-state index in [1.165, 1.54) is 16.7 Å². The molecule has 0 bridgehead atoms. The summed E-state index contributed by atoms with van der Waals surface area (Å²) in [5, 5.41) is 0. The van der Waals surface area contributed by atoms with Crippen LogP contribution < -0.4 is 0 Å². The molecule has 0 aromatic heterocycles. The third kappa shape index (κ3) is 3.33. The summed E-state index contributed by atoms with van der Waals surface area (Å²) < 4.78 is 6.80. The van der Waals surface area contributed by atoms with Crippen molar-refractivity contribution in [2.45, 2.75) is 106 Å². The number of allylic oxidation sites excluding steroid dienone is 6. The summed E-state index contributed by atoms with van der Waals surface area (Å²) >= 11 is 0. The van der Waals surface area contributed by atoms with E-state index in [4.69, 9.17) is 4.74 Å². The van der Waals surface area contributed by atoms with Gasteiger partial charge in [0.05, 0.1) is 5.41 Å². The predicted molar refractivity (Wildman–Crippen MR) is 126 cm³/mol. The Hall–Kier alpha value is -1.31. The van der Waals surface area contributed by atoms with Crippen molar-refractivity contribution >= 4 is 5.78 Å². The molecule has 5 unspecified atom stereocenters. The maximum Gasteiger partial charge on any atom is 0.150 e. The van der Waals surface area contributed by atoms with Crippen molar-refractivity contribution in [1.82, 2.24) is 0 Å². The van der Waals surface area contributed by atoms with E-state index in [1.54, 1.807) is 0 Å². The molecule has 0 radical (unpaired) electrons. The molecular formula is C28H44O2. The molecule has 3 rings (SSSR count). The van der Waals surface area contributed by atoms with Gasteiger partial charge in [0.25, 0.3) is 0 Å². The molecule has 5 atom stereocenters. The van der Waals surface area contributed by atoms with Crippen molar-refractivity contribution in [3.63, 3.8) is 0 Å². The van der Waals surface area contributed by atoms with Gasteiger partial charge in [-0.15, -0.1) is 0 Å². The van der Waals surface area contributed by atoms with E-state index in [0.29, 0.717) is 11.7 Å². The lowest BCUT2D eigenvalue weighted by atomic mass is 9.48. The molecule has 0 amide bonds. The van der Waals surface area contributed by atoms with Crippen LogP contribution in [0.5, 0.6) is 0 Å². The molecule has 2 nitrogen and oxygen atoms in total. The molecule has 2 aliphatic carbocycles. The highest BCUT2D eigenvalue weighted by Crippen LogP contribution is 2.75. The zero-order chi connectivity index (χ0) is 22.5. The number of hydrogen-bond donors (Lipinski definition) is 0. The van der Waals surface area contributed by atoms with Crippen LogP contribution in [0.4, 0.5) is 0 Å². The second-order valence-corrected chi connectivity index (χ2v) is 11.5. The highest BCUT2D eigenvalue weighted by Gasteiger charge is 2.75. The summed E-state index contributed by atoms with van der Waals surface area (Å²) in [5.74, 6) is 2.38. The van der Waals surface area contributed by atoms with Crippen LogP contribution in [0, 0.1) is 28.6 Å². The van der Waals surface area contributed by atoms with Gasteiger partial charge in [-0.05, 0) is 97.0 Å². The average Bonchev–Trinajstić information content (AvgIpc) is 3.12. The van der Waals surface area contributed by atoms with Gasteiger partial charge in [-0.25, -0.2) is 0 Å². The van der Waals surface area contributed by atoms with Crippen molar-refractivity contribution in [1.29, 1.82) is 0 Å². The zero-order valence-corrected chi connectivity index (χ0v) is 20.9. The van der Waals surface area contributed by atoms with Crippen LogP contribution >= 0.6 is 0 Å². The Labute approximate surface area is 185 Å². The second kappa shape index (κ2) is 7.99. The summed E-state index contributed by atoms with van der Waals surface area (Å²) in [4.78, 5) is 14.3. The molecule has 0 N–H and O–H groups in total. The van der Waals surface area contributed by atoms with Crippen LogP contribution in [-0.2, 0) is 9.53 Å². The first-order valence-electron chi connectivity index (χ1n) is 12.1. The normalized spacial score (nSPS) is 34.8. The highest BCUT2D eigenvalue weighted by molar-refractivity contribution is 5.92. The average molecular weight is 413 g/mol. The molecular weight excluding hydrogens is 368 g/mol. The second-order valence-electron chi connectivity index (χ2n) is 11.5. The minimum Gasteiger partial charge on any atom is -0.491 e. The molecule has 1 aliphatic heterocycles. The van der Waals surface area contributed by atoms with Crippen molar-refractivity contribution < 1.29 is 9.53 Å². The highest BCUT2D eigenvalue weighted by atomic mass is 16.5. The Bertz CT molecular complexity index is 787. The number of carbonyl (C=O) groups excluding carboxylic acids is 1. The molecule has 1 saturated carbocycles. The van der Waals surface area contributed by atoms with Gasteiger partial charge < -0.3 is 4.74 Å². The van der Waals surface area contributed by atoms with E-state index >= 15 is 0 Å². The minimum absolute atomic E-state index is 0.0261. The number of hydrogen-bond acceptors (Lipinski definition) is 2. The van der Waals surface area contributed by atoms with Crippen molar-refractivity contribution in [2.24, 2.45) is 28.6 Å². The first kappa shape index (κ1) is 23.4. The third-order valence-electron chi connectivity index (χ3n) is 8.67. The van der Waals surface area contributed by atoms with Crippen molar-refractivity contribution in [3.8, 4) is 0 Å². The van der Waals surface area contributed by atoms with E-state index in [-0.39, 0.29) is 22.9 Å². The van der Waals surface area contributed by atoms with E-state index in [1.807, 2.05) is 0 Å². The molecule has 1 heterocycles. The maximum atomic E-state index is 14.3. The summed E-state index contributed by atoms with van der Waals surface area (Å²) in [7, 11) is 0. The van der Waals surface area contributed by atoms with Crippen LogP contribution in [0.15, 0.2) is 34.6 Å². The smallest absolute Gasteiger partial charge is 0.150 e.